The molecule has 5 N–H and O–H groups in total. The summed E-state index contributed by atoms with van der Waals surface area (Å²) in [5, 5.41) is 55.7. The Kier molecular flexibility index (Phi) is 24.6. The average molecular weight is 1190 g/mol. The van der Waals surface area contributed by atoms with Gasteiger partial charge in [0.2, 0.25) is 17.7 Å². The monoisotopic (exact) mass is 1190 g/mol. The summed E-state index contributed by atoms with van der Waals surface area (Å²) in [6.07, 6.45) is 1.61. The maximum Gasteiger partial charge on any atom is 0.320 e. The SMILES string of the molecule is [C-]#[N+][C@@H]1CCCN1C(=O)CNC(=O)c1ccnc2ccc(OCCCNC(=O)C(CNC(=O)c3ccc([Si]([18F])(C(C)(C)C)C(C)(C)C)cc3)NC(=O)CCC(C(=O)O)N3CCN(CC(=O)[O-])CCN(CC(=O)[O-])CCN(CC(=O)[O-])CC3)cc12. The van der Waals surface area contributed by atoms with Crippen molar-refractivity contribution < 1.29 is 72.4 Å². The van der Waals surface area contributed by atoms with Gasteiger partial charge in [0.1, 0.15) is 17.8 Å². The highest BCUT2D eigenvalue weighted by atomic mass is 28.4. The summed E-state index contributed by atoms with van der Waals surface area (Å²) in [7, 11) is -3.68. The summed E-state index contributed by atoms with van der Waals surface area (Å²) in [5.74, 6) is -8.29. The number of aromatic nitrogens is 1. The van der Waals surface area contributed by atoms with Crippen LogP contribution in [-0.4, -0.2) is 219 Å². The predicted octanol–water partition coefficient (Wildman–Crippen LogP) is -1.94. The minimum atomic E-state index is -3.68. The third-order valence-corrected chi connectivity index (χ3v) is 20.2. The Hall–Kier alpha value is -7.64. The third-order valence-electron chi connectivity index (χ3n) is 15.0. The van der Waals surface area contributed by atoms with Gasteiger partial charge in [0.15, 0.2) is 0 Å². The molecule has 2 aliphatic rings. The number of nitrogens with zero attached hydrogens (tertiary/aromatic N) is 7. The molecule has 2 saturated heterocycles. The molecule has 0 radical (unpaired) electrons. The van der Waals surface area contributed by atoms with Crippen molar-refractivity contribution in [2.24, 2.45) is 0 Å². The van der Waals surface area contributed by atoms with E-state index in [0.29, 0.717) is 41.2 Å². The molecule has 5 rings (SSSR count). The van der Waals surface area contributed by atoms with Crippen molar-refractivity contribution in [3.63, 3.8) is 0 Å². The van der Waals surface area contributed by atoms with Crippen LogP contribution in [0.25, 0.3) is 15.7 Å². The number of carbonyl (C=O) groups is 9. The van der Waals surface area contributed by atoms with Gasteiger partial charge in [-0.25, -0.2) is 6.57 Å². The molecule has 0 saturated carbocycles. The molecule has 3 atom stereocenters. The number of benzene rings is 2. The second-order valence-corrected chi connectivity index (χ2v) is 27.9. The van der Waals surface area contributed by atoms with E-state index in [-0.39, 0.29) is 102 Å². The van der Waals surface area contributed by atoms with Crippen LogP contribution in [0.1, 0.15) is 94.4 Å². The number of hydrogen-bond acceptors (Lipinski definition) is 18. The number of likely N-dealkylation sites (tertiary alicyclic amines) is 1. The van der Waals surface area contributed by atoms with Gasteiger partial charge in [0, 0.05) is 122 Å². The maximum absolute atomic E-state index is 17.1. The number of aliphatic carboxylic acids is 4. The van der Waals surface area contributed by atoms with Gasteiger partial charge < -0.3 is 64.9 Å². The van der Waals surface area contributed by atoms with Crippen LogP contribution in [0.3, 0.4) is 0 Å². The molecule has 2 unspecified atom stereocenters. The summed E-state index contributed by atoms with van der Waals surface area (Å²) < 4.78 is 23.1. The first-order chi connectivity index (χ1) is 39.6. The molecule has 2 aromatic carbocycles. The second kappa shape index (κ2) is 30.8. The molecule has 0 aliphatic carbocycles. The predicted molar refractivity (Wildman–Crippen MR) is 302 cm³/mol. The quantitative estimate of drug-likeness (QED) is 0.0267. The highest BCUT2D eigenvalue weighted by Gasteiger charge is 2.56. The topological polar surface area (TPSA) is 334 Å². The molecule has 458 valence electrons. The fourth-order valence-electron chi connectivity index (χ4n) is 10.8. The summed E-state index contributed by atoms with van der Waals surface area (Å²) in [6.45, 7) is 16.5. The Morgan fingerprint density at radius 1 is 0.774 bits per heavy atom. The molecule has 84 heavy (non-hydrogen) atoms. The standard InChI is InChI=1S/C57H80FN11O14Si/c1-56(2,3)84(58,57(4,5)6)40-14-11-38(12-15-40)52(78)62-33-44(54(80)61-20-9-31-83-39-13-16-43-42(32-39)41(19-21-60-43)53(79)63-34-48(71)69-22-8-10-46(69)59-7)64-47(70)18-17-45(55(81)82)68-29-27-66(36-50(74)75)25-23-65(35-49(72)73)24-26-67(28-30-68)37-51(76)77/h11-16,19,21,32,44-46H,8-10,17-18,20,22-31,33-37H2,1-6H3,(H,61,80)(H,62,78)(H,63,79)(H,64,70)(H,72,73)(H,74,75)(H,76,77)(H,81,82)/p-3/t44?,45?,46-/m0/s1/i58-1. The van der Waals surface area contributed by atoms with Gasteiger partial charge in [-0.05, 0) is 70.9 Å². The lowest BCUT2D eigenvalue weighted by Gasteiger charge is -2.44. The number of hydrogen-bond donors (Lipinski definition) is 5. The molecule has 27 heteroatoms. The number of pyridine rings is 1. The number of amides is 5. The van der Waals surface area contributed by atoms with Gasteiger partial charge in [-0.15, -0.1) is 0 Å². The maximum atomic E-state index is 17.1. The van der Waals surface area contributed by atoms with E-state index < -0.39 is 117 Å². The Morgan fingerprint density at radius 3 is 1.88 bits per heavy atom. The lowest BCUT2D eigenvalue weighted by molar-refractivity contribution is -0.308. The Balaban J connectivity index is 1.28. The third kappa shape index (κ3) is 19.2. The first kappa shape index (κ1) is 67.2. The van der Waals surface area contributed by atoms with Crippen LogP contribution in [0.15, 0.2) is 54.7 Å². The Bertz CT molecular complexity index is 2830. The van der Waals surface area contributed by atoms with Crippen molar-refractivity contribution in [2.45, 2.75) is 102 Å². The number of carboxylic acids is 4. The number of nitrogens with one attached hydrogen (secondary N) is 4. The van der Waals surface area contributed by atoms with Crippen LogP contribution in [0.5, 0.6) is 5.75 Å². The van der Waals surface area contributed by atoms with E-state index >= 15 is 4.11 Å². The molecular formula is C57H77FN11O14Si-3. The zero-order valence-corrected chi connectivity index (χ0v) is 49.5. The Morgan fingerprint density at radius 2 is 1.35 bits per heavy atom. The largest absolute Gasteiger partial charge is 0.549 e. The smallest absolute Gasteiger partial charge is 0.320 e. The van der Waals surface area contributed by atoms with Gasteiger partial charge in [-0.3, -0.25) is 63.1 Å². The minimum absolute atomic E-state index is 0.00793. The molecule has 3 aromatic rings. The van der Waals surface area contributed by atoms with E-state index in [1.807, 2.05) is 41.5 Å². The van der Waals surface area contributed by atoms with Gasteiger partial charge in [-0.1, -0.05) is 53.7 Å². The van der Waals surface area contributed by atoms with E-state index in [1.165, 1.54) is 48.9 Å². The molecular weight excluding hydrogens is 1110 g/mol. The van der Waals surface area contributed by atoms with Crippen molar-refractivity contribution in [2.75, 3.05) is 105 Å². The zero-order chi connectivity index (χ0) is 61.9. The molecule has 3 heterocycles. The van der Waals surface area contributed by atoms with E-state index in [9.17, 15) is 63.6 Å². The molecule has 2 aliphatic heterocycles. The highest BCUT2D eigenvalue weighted by molar-refractivity contribution is 6.90. The molecule has 0 bridgehead atoms. The summed E-state index contributed by atoms with van der Waals surface area (Å²) in [4.78, 5) is 131. The van der Waals surface area contributed by atoms with Crippen molar-refractivity contribution in [1.82, 2.24) is 50.8 Å². The van der Waals surface area contributed by atoms with E-state index in [0.717, 1.165) is 0 Å². The minimum Gasteiger partial charge on any atom is -0.549 e. The summed E-state index contributed by atoms with van der Waals surface area (Å²) >= 11 is 0. The number of fused-ring (bicyclic) bond motifs is 1. The number of carbonyl (C=O) groups excluding carboxylic acids is 8. The van der Waals surface area contributed by atoms with Gasteiger partial charge >= 0.3 is 12.1 Å². The van der Waals surface area contributed by atoms with Crippen LogP contribution in [0.2, 0.25) is 10.1 Å². The van der Waals surface area contributed by atoms with Crippen molar-refractivity contribution in [3.05, 3.63) is 77.3 Å². The van der Waals surface area contributed by atoms with Crippen molar-refractivity contribution in [3.8, 4) is 5.75 Å². The fraction of sp³-hybridized carbons (Fsp3) is 0.561. The normalized spacial score (nSPS) is 17.1. The number of carboxylic acid groups (broad SMARTS) is 4. The number of rotatable bonds is 25. The van der Waals surface area contributed by atoms with Crippen LogP contribution in [-0.2, 0) is 33.6 Å². The van der Waals surface area contributed by atoms with Crippen LogP contribution in [0, 0.1) is 6.57 Å². The van der Waals surface area contributed by atoms with E-state index in [2.05, 4.69) is 31.1 Å². The number of ether oxygens (including phenoxy) is 1. The molecule has 5 amide bonds. The summed E-state index contributed by atoms with van der Waals surface area (Å²) in [5.41, 5.74) is 0.870. The molecule has 1 aromatic heterocycles. The van der Waals surface area contributed by atoms with E-state index in [1.54, 1.807) is 30.3 Å². The zero-order valence-electron chi connectivity index (χ0n) is 48.5. The molecule has 25 nitrogen and oxygen atoms in total. The summed E-state index contributed by atoms with van der Waals surface area (Å²) in [6, 6.07) is 9.80. The lowest BCUT2D eigenvalue weighted by atomic mass is 10.1. The second-order valence-electron chi connectivity index (χ2n) is 23.0. The van der Waals surface area contributed by atoms with Crippen LogP contribution in [0.4, 0.5) is 4.11 Å². The lowest BCUT2D eigenvalue weighted by Crippen LogP contribution is -2.57. The van der Waals surface area contributed by atoms with Crippen molar-refractivity contribution >= 4 is 77.9 Å². The van der Waals surface area contributed by atoms with Gasteiger partial charge in [-0.2, -0.15) is 0 Å². The molecule has 2 fully saturated rings. The first-order valence-electron chi connectivity index (χ1n) is 28.0. The van der Waals surface area contributed by atoms with Crippen LogP contribution >= 0.6 is 0 Å². The molecule has 0 spiro atoms. The van der Waals surface area contributed by atoms with Crippen molar-refractivity contribution in [1.29, 1.82) is 0 Å². The average Bonchev–Trinajstić information content (AvgIpc) is 1.40. The van der Waals surface area contributed by atoms with Crippen LogP contribution < -0.4 is 46.5 Å². The number of halogens is 1. The first-order valence-corrected chi connectivity index (χ1v) is 29.8. The van der Waals surface area contributed by atoms with E-state index in [4.69, 9.17) is 11.3 Å². The highest BCUT2D eigenvalue weighted by Crippen LogP contribution is 2.51. The van der Waals surface area contributed by atoms with Gasteiger partial charge in [0.05, 0.1) is 42.1 Å². The Labute approximate surface area is 489 Å². The van der Waals surface area contributed by atoms with Gasteiger partial charge in [0.25, 0.3) is 20.2 Å². The fourth-order valence-corrected chi connectivity index (χ4v) is 15.4.